The lowest BCUT2D eigenvalue weighted by Gasteiger charge is -2.35. The predicted molar refractivity (Wildman–Crippen MR) is 208 cm³/mol. The van der Waals surface area contributed by atoms with Gasteiger partial charge in [-0.25, -0.2) is 19.9 Å². The minimum Gasteiger partial charge on any atom is -0.377 e. The molecular weight excluding hydrogens is 769 g/mol. The van der Waals surface area contributed by atoms with Crippen LogP contribution in [0.5, 0.6) is 0 Å². The molecule has 0 amide bonds. The zero-order chi connectivity index (χ0) is 39.2. The average molecular weight is 829 g/mol. The first-order valence-corrected chi connectivity index (χ1v) is 25.6. The summed E-state index contributed by atoms with van der Waals surface area (Å²) in [5.74, 6) is 0. The molecule has 0 saturated carbocycles. The van der Waals surface area contributed by atoms with Crippen molar-refractivity contribution in [3.05, 3.63) is 74.9 Å². The summed E-state index contributed by atoms with van der Waals surface area (Å²) >= 11 is 0. The second-order valence-electron chi connectivity index (χ2n) is 12.2. The summed E-state index contributed by atoms with van der Waals surface area (Å²) in [6.45, 7) is 3.28. The van der Waals surface area contributed by atoms with Crippen LogP contribution in [0.2, 0.25) is 24.2 Å². The normalized spacial score (nSPS) is 12.6. The maximum absolute atomic E-state index is 6.40. The van der Waals surface area contributed by atoms with Crippen LogP contribution in [0.1, 0.15) is 25.7 Å². The minimum absolute atomic E-state index is 0.668. The Morgan fingerprint density at radius 2 is 0.556 bits per heavy atom. The van der Waals surface area contributed by atoms with Gasteiger partial charge in [0.15, 0.2) is 0 Å². The molecule has 0 aliphatic carbocycles. The van der Waals surface area contributed by atoms with E-state index in [4.69, 9.17) is 43.6 Å². The first kappa shape index (κ1) is 45.7. The second kappa shape index (κ2) is 24.1. The third-order valence-electron chi connectivity index (χ3n) is 8.94. The van der Waals surface area contributed by atoms with Gasteiger partial charge in [-0.3, -0.25) is 0 Å². The molecule has 0 bridgehead atoms. The Bertz CT molecular complexity index is 1240. The molecule has 4 aromatic heterocycles. The summed E-state index contributed by atoms with van der Waals surface area (Å²) < 4.78 is 66.9. The molecule has 0 aromatic carbocycles. The highest BCUT2D eigenvalue weighted by Crippen LogP contribution is 2.28. The fourth-order valence-corrected chi connectivity index (χ4v) is 18.5. The lowest BCUT2D eigenvalue weighted by molar-refractivity contribution is 0.0843. The fraction of sp³-hybridized carbons (Fsp3) is 0.625. The molecule has 0 unspecified atom stereocenters. The summed E-state index contributed by atoms with van der Waals surface area (Å²) in [7, 11) is 1.38. The van der Waals surface area contributed by atoms with E-state index < -0.39 is 35.2 Å². The summed E-state index contributed by atoms with van der Waals surface area (Å²) in [6.07, 6.45) is 25.4. The van der Waals surface area contributed by atoms with Gasteiger partial charge in [0.05, 0.1) is 25.3 Å². The Hall–Kier alpha value is -2.69. The Balaban J connectivity index is 0.000000290. The zero-order valence-electron chi connectivity index (χ0n) is 33.1. The Morgan fingerprint density at radius 3 is 0.704 bits per heavy atom. The van der Waals surface area contributed by atoms with Gasteiger partial charge in [0.2, 0.25) is 0 Å². The van der Waals surface area contributed by atoms with Crippen LogP contribution in [0.15, 0.2) is 74.9 Å². The van der Waals surface area contributed by atoms with E-state index in [0.717, 1.165) is 51.9 Å². The van der Waals surface area contributed by atoms with Crippen molar-refractivity contribution in [3.8, 4) is 0 Å². The van der Waals surface area contributed by atoms with Crippen LogP contribution in [0, 0.1) is 0 Å². The van der Waals surface area contributed by atoms with E-state index in [1.165, 1.54) is 0 Å². The maximum Gasteiger partial charge on any atom is 0.493 e. The molecular formula is C32H60N8O10Si4. The quantitative estimate of drug-likeness (QED) is 0.0753. The SMILES string of the molecule is CO[Si](CCCn1ccnc1)(OC)O[Si](CCCn1ccnc1)(OC)OC.CO[Si](CCCn1ccnc1)(OC)O[Si](CCCn1ccnc1)(OC)OC. The van der Waals surface area contributed by atoms with Crippen molar-refractivity contribution in [2.75, 3.05) is 56.9 Å². The molecule has 54 heavy (non-hydrogen) atoms. The van der Waals surface area contributed by atoms with Crippen molar-refractivity contribution in [3.63, 3.8) is 0 Å². The van der Waals surface area contributed by atoms with Gasteiger partial charge < -0.3 is 61.9 Å². The maximum atomic E-state index is 6.40. The summed E-state index contributed by atoms with van der Waals surface area (Å²) in [5, 5.41) is 0. The Morgan fingerprint density at radius 1 is 0.352 bits per heavy atom. The average Bonchev–Trinajstić information content (AvgIpc) is 4.07. The van der Waals surface area contributed by atoms with Gasteiger partial charge in [0.1, 0.15) is 0 Å². The van der Waals surface area contributed by atoms with Gasteiger partial charge >= 0.3 is 35.2 Å². The van der Waals surface area contributed by atoms with Gasteiger partial charge in [0, 0.05) is 157 Å². The van der Waals surface area contributed by atoms with E-state index in [-0.39, 0.29) is 0 Å². The Labute approximate surface area is 324 Å². The predicted octanol–water partition coefficient (Wildman–Crippen LogP) is 4.08. The topological polar surface area (TPSA) is 164 Å². The third kappa shape index (κ3) is 14.4. The van der Waals surface area contributed by atoms with E-state index in [2.05, 4.69) is 19.9 Å². The molecule has 4 aromatic rings. The first-order chi connectivity index (χ1) is 26.2. The number of hydrogen-bond acceptors (Lipinski definition) is 14. The summed E-state index contributed by atoms with van der Waals surface area (Å²) in [6, 6.07) is 2.67. The van der Waals surface area contributed by atoms with Crippen molar-refractivity contribution in [2.24, 2.45) is 0 Å². The van der Waals surface area contributed by atoms with Gasteiger partial charge in [-0.15, -0.1) is 0 Å². The van der Waals surface area contributed by atoms with Crippen LogP contribution in [0.3, 0.4) is 0 Å². The second-order valence-corrected chi connectivity index (χ2v) is 24.5. The molecule has 18 nitrogen and oxygen atoms in total. The van der Waals surface area contributed by atoms with Crippen LogP contribution in [0.25, 0.3) is 0 Å². The van der Waals surface area contributed by atoms with Crippen molar-refractivity contribution in [1.29, 1.82) is 0 Å². The van der Waals surface area contributed by atoms with Gasteiger partial charge in [-0.1, -0.05) is 0 Å². The van der Waals surface area contributed by atoms with E-state index >= 15 is 0 Å². The molecule has 0 atom stereocenters. The van der Waals surface area contributed by atoms with Crippen LogP contribution in [-0.2, 0) is 69.8 Å². The molecule has 0 aliphatic heterocycles. The monoisotopic (exact) mass is 828 g/mol. The molecule has 0 spiro atoms. The molecule has 304 valence electrons. The van der Waals surface area contributed by atoms with Crippen molar-refractivity contribution < 1.29 is 43.6 Å². The van der Waals surface area contributed by atoms with Crippen molar-refractivity contribution in [1.82, 2.24) is 38.2 Å². The van der Waals surface area contributed by atoms with Crippen LogP contribution in [0.4, 0.5) is 0 Å². The van der Waals surface area contributed by atoms with Crippen molar-refractivity contribution >= 4 is 35.2 Å². The highest BCUT2D eigenvalue weighted by Gasteiger charge is 2.52. The molecule has 4 heterocycles. The van der Waals surface area contributed by atoms with Gasteiger partial charge in [0.25, 0.3) is 0 Å². The van der Waals surface area contributed by atoms with E-state index in [1.54, 1.807) is 107 Å². The van der Waals surface area contributed by atoms with E-state index in [9.17, 15) is 0 Å². The number of imidazole rings is 4. The smallest absolute Gasteiger partial charge is 0.377 e. The molecule has 0 aliphatic rings. The van der Waals surface area contributed by atoms with Gasteiger partial charge in [-0.2, -0.15) is 0 Å². The highest BCUT2D eigenvalue weighted by molar-refractivity contribution is 6.75. The van der Waals surface area contributed by atoms with Crippen LogP contribution < -0.4 is 0 Å². The fourth-order valence-electron chi connectivity index (χ4n) is 5.75. The van der Waals surface area contributed by atoms with E-state index in [0.29, 0.717) is 24.2 Å². The zero-order valence-corrected chi connectivity index (χ0v) is 37.1. The highest BCUT2D eigenvalue weighted by atomic mass is 28.5. The number of rotatable bonds is 28. The van der Waals surface area contributed by atoms with Crippen LogP contribution >= 0.6 is 0 Å². The number of nitrogens with zero attached hydrogens (tertiary/aromatic N) is 8. The molecule has 0 fully saturated rings. The standard InChI is InChI=1S/2C16H30N4O5Si2/c2*1-21-26(22-2,13-5-9-19-11-7-17-15-19)25-27(23-3,24-4)14-6-10-20-12-8-18-16-20/h2*7-8,11-12,15-16H,5-6,9-10,13-14H2,1-4H3. The van der Waals surface area contributed by atoms with Gasteiger partial charge in [-0.05, 0) is 25.7 Å². The van der Waals surface area contributed by atoms with E-state index in [1.807, 2.05) is 43.1 Å². The first-order valence-electron chi connectivity index (χ1n) is 17.9. The molecule has 0 radical (unpaired) electrons. The molecule has 4 rings (SSSR count). The summed E-state index contributed by atoms with van der Waals surface area (Å²) in [4.78, 5) is 16.2. The Kier molecular flexibility index (Phi) is 20.4. The lowest BCUT2D eigenvalue weighted by atomic mass is 10.5. The lowest BCUT2D eigenvalue weighted by Crippen LogP contribution is -2.57. The number of hydrogen-bond donors (Lipinski definition) is 0. The molecule has 0 saturated heterocycles. The van der Waals surface area contributed by atoms with Crippen molar-refractivity contribution in [2.45, 2.75) is 76.0 Å². The number of aryl methyl sites for hydroxylation is 4. The third-order valence-corrected chi connectivity index (χ3v) is 22.8. The summed E-state index contributed by atoms with van der Waals surface area (Å²) in [5.41, 5.74) is 0. The molecule has 22 heteroatoms. The van der Waals surface area contributed by atoms with Crippen LogP contribution in [-0.4, -0.2) is 130 Å². The largest absolute Gasteiger partial charge is 0.493 e. The molecule has 0 N–H and O–H groups in total. The number of aromatic nitrogens is 8. The minimum atomic E-state index is -2.91.